The lowest BCUT2D eigenvalue weighted by Crippen LogP contribution is -1.85. The van der Waals surface area contributed by atoms with Gasteiger partial charge in [0, 0.05) is 0 Å². The van der Waals surface area contributed by atoms with E-state index >= 15 is 0 Å². The van der Waals surface area contributed by atoms with E-state index in [-0.39, 0.29) is 5.94 Å². The first-order chi connectivity index (χ1) is 6.41. The van der Waals surface area contributed by atoms with Crippen LogP contribution in [0.5, 0.6) is 0 Å². The molecule has 0 atom stereocenters. The van der Waals surface area contributed by atoms with Gasteiger partial charge in [0.1, 0.15) is 0 Å². The topological polar surface area (TPSA) is 20.2 Å². The first-order valence-electron chi connectivity index (χ1n) is 5.18. The van der Waals surface area contributed by atoms with Gasteiger partial charge >= 0.3 is 0 Å². The standard InChI is InChI=1S/C10H22OS2/c1-2-12-8-6-4-3-5-7-9-13-10-11/h11H,2-10H2,1H3. The SMILES string of the molecule is CCSCCCCCCCSCO. The van der Waals surface area contributed by atoms with E-state index in [2.05, 4.69) is 6.92 Å². The molecule has 0 fully saturated rings. The molecular formula is C10H22OS2. The molecule has 0 rings (SSSR count). The molecule has 0 aliphatic carbocycles. The molecule has 0 aliphatic heterocycles. The van der Waals surface area contributed by atoms with Crippen molar-refractivity contribution in [3.63, 3.8) is 0 Å². The van der Waals surface area contributed by atoms with Gasteiger partial charge in [0.25, 0.3) is 0 Å². The molecule has 0 aromatic rings. The summed E-state index contributed by atoms with van der Waals surface area (Å²) in [6.07, 6.45) is 6.74. The van der Waals surface area contributed by atoms with Gasteiger partial charge in [-0.1, -0.05) is 26.2 Å². The summed E-state index contributed by atoms with van der Waals surface area (Å²) in [5.74, 6) is 4.00. The summed E-state index contributed by atoms with van der Waals surface area (Å²) in [5.41, 5.74) is 0. The fourth-order valence-corrected chi connectivity index (χ4v) is 2.38. The highest BCUT2D eigenvalue weighted by molar-refractivity contribution is 7.99. The number of unbranched alkanes of at least 4 members (excludes halogenated alkanes) is 4. The van der Waals surface area contributed by atoms with E-state index in [0.717, 1.165) is 5.75 Å². The van der Waals surface area contributed by atoms with Crippen LogP contribution in [0.2, 0.25) is 0 Å². The van der Waals surface area contributed by atoms with Crippen LogP contribution in [0.15, 0.2) is 0 Å². The van der Waals surface area contributed by atoms with Gasteiger partial charge in [-0.15, -0.1) is 11.8 Å². The molecule has 0 amide bonds. The third-order valence-corrected chi connectivity index (χ3v) is 3.62. The van der Waals surface area contributed by atoms with Gasteiger partial charge in [-0.05, 0) is 30.1 Å². The van der Waals surface area contributed by atoms with Crippen molar-refractivity contribution in [2.45, 2.75) is 39.0 Å². The van der Waals surface area contributed by atoms with Gasteiger partial charge in [0.05, 0.1) is 5.94 Å². The Hall–Kier alpha value is 0.660. The molecule has 0 bridgehead atoms. The predicted octanol–water partition coefficient (Wildman–Crippen LogP) is 3.37. The molecule has 0 aromatic heterocycles. The van der Waals surface area contributed by atoms with Crippen LogP contribution in [0.1, 0.15) is 39.0 Å². The summed E-state index contributed by atoms with van der Waals surface area (Å²) in [6, 6.07) is 0. The second kappa shape index (κ2) is 12.7. The predicted molar refractivity (Wildman–Crippen MR) is 65.6 cm³/mol. The van der Waals surface area contributed by atoms with Crippen LogP contribution >= 0.6 is 23.5 Å². The van der Waals surface area contributed by atoms with Gasteiger partial charge in [-0.25, -0.2) is 0 Å². The summed E-state index contributed by atoms with van der Waals surface area (Å²) in [4.78, 5) is 0. The van der Waals surface area contributed by atoms with Crippen LogP contribution < -0.4 is 0 Å². The Morgan fingerprint density at radius 1 is 0.846 bits per heavy atom. The smallest absolute Gasteiger partial charge is 0.0885 e. The van der Waals surface area contributed by atoms with Gasteiger partial charge in [-0.3, -0.25) is 0 Å². The minimum Gasteiger partial charge on any atom is -0.386 e. The minimum atomic E-state index is 0.285. The van der Waals surface area contributed by atoms with E-state index in [9.17, 15) is 0 Å². The first-order valence-corrected chi connectivity index (χ1v) is 7.49. The van der Waals surface area contributed by atoms with Crippen molar-refractivity contribution in [1.82, 2.24) is 0 Å². The number of aliphatic hydroxyl groups excluding tert-OH is 1. The number of hydrogen-bond acceptors (Lipinski definition) is 3. The molecule has 0 saturated heterocycles. The second-order valence-electron chi connectivity index (χ2n) is 3.00. The highest BCUT2D eigenvalue weighted by atomic mass is 32.2. The summed E-state index contributed by atoms with van der Waals surface area (Å²) in [5, 5.41) is 8.53. The number of thioether (sulfide) groups is 2. The maximum atomic E-state index is 8.53. The first kappa shape index (κ1) is 13.7. The second-order valence-corrected chi connectivity index (χ2v) is 5.47. The lowest BCUT2D eigenvalue weighted by atomic mass is 10.2. The Kier molecular flexibility index (Phi) is 13.3. The molecule has 0 aromatic carbocycles. The van der Waals surface area contributed by atoms with Gasteiger partial charge in [-0.2, -0.15) is 11.8 Å². The van der Waals surface area contributed by atoms with Crippen LogP contribution in [-0.4, -0.2) is 28.3 Å². The van der Waals surface area contributed by atoms with E-state index in [1.165, 1.54) is 43.6 Å². The van der Waals surface area contributed by atoms with Gasteiger partial charge in [0.15, 0.2) is 0 Å². The van der Waals surface area contributed by atoms with Crippen molar-refractivity contribution in [1.29, 1.82) is 0 Å². The van der Waals surface area contributed by atoms with Crippen molar-refractivity contribution in [2.75, 3.05) is 23.2 Å². The van der Waals surface area contributed by atoms with E-state index in [1.807, 2.05) is 11.8 Å². The molecule has 0 aliphatic rings. The van der Waals surface area contributed by atoms with Crippen LogP contribution in [0.4, 0.5) is 0 Å². The highest BCUT2D eigenvalue weighted by Gasteiger charge is 1.91. The molecule has 0 heterocycles. The molecule has 0 unspecified atom stereocenters. The zero-order valence-corrected chi connectivity index (χ0v) is 10.3. The fraction of sp³-hybridized carbons (Fsp3) is 1.00. The quantitative estimate of drug-likeness (QED) is 0.452. The number of rotatable bonds is 10. The lowest BCUT2D eigenvalue weighted by Gasteiger charge is -2.00. The Balaban J connectivity index is 2.76. The largest absolute Gasteiger partial charge is 0.386 e. The van der Waals surface area contributed by atoms with Crippen LogP contribution in [0.25, 0.3) is 0 Å². The number of aliphatic hydroxyl groups is 1. The van der Waals surface area contributed by atoms with Gasteiger partial charge < -0.3 is 5.11 Å². The maximum Gasteiger partial charge on any atom is 0.0885 e. The zero-order chi connectivity index (χ0) is 9.78. The van der Waals surface area contributed by atoms with Crippen molar-refractivity contribution in [2.24, 2.45) is 0 Å². The Morgan fingerprint density at radius 3 is 1.92 bits per heavy atom. The van der Waals surface area contributed by atoms with Crippen LogP contribution in [0, 0.1) is 0 Å². The maximum absolute atomic E-state index is 8.53. The average molecular weight is 222 g/mol. The van der Waals surface area contributed by atoms with E-state index in [0.29, 0.717) is 0 Å². The molecule has 0 saturated carbocycles. The number of hydrogen-bond donors (Lipinski definition) is 1. The van der Waals surface area contributed by atoms with Crippen molar-refractivity contribution in [3.8, 4) is 0 Å². The lowest BCUT2D eigenvalue weighted by molar-refractivity contribution is 0.375. The molecule has 1 nitrogen and oxygen atoms in total. The summed E-state index contributed by atoms with van der Waals surface area (Å²) in [6.45, 7) is 2.22. The molecule has 1 N–H and O–H groups in total. The summed E-state index contributed by atoms with van der Waals surface area (Å²) in [7, 11) is 0. The van der Waals surface area contributed by atoms with E-state index < -0.39 is 0 Å². The normalized spacial score (nSPS) is 10.6. The average Bonchev–Trinajstić information content (AvgIpc) is 2.16. The van der Waals surface area contributed by atoms with E-state index in [4.69, 9.17) is 5.11 Å². The highest BCUT2D eigenvalue weighted by Crippen LogP contribution is 2.10. The Morgan fingerprint density at radius 2 is 1.38 bits per heavy atom. The monoisotopic (exact) mass is 222 g/mol. The van der Waals surface area contributed by atoms with Crippen molar-refractivity contribution >= 4 is 23.5 Å². The zero-order valence-electron chi connectivity index (χ0n) is 8.63. The van der Waals surface area contributed by atoms with Crippen LogP contribution in [0.3, 0.4) is 0 Å². The Labute approximate surface area is 91.1 Å². The summed E-state index contributed by atoms with van der Waals surface area (Å²) >= 11 is 3.67. The molecule has 0 radical (unpaired) electrons. The van der Waals surface area contributed by atoms with Crippen molar-refractivity contribution < 1.29 is 5.11 Å². The van der Waals surface area contributed by atoms with Gasteiger partial charge in [0.2, 0.25) is 0 Å². The third-order valence-electron chi connectivity index (χ3n) is 1.87. The molecular weight excluding hydrogens is 200 g/mol. The molecule has 13 heavy (non-hydrogen) atoms. The van der Waals surface area contributed by atoms with E-state index in [1.54, 1.807) is 11.8 Å². The third kappa shape index (κ3) is 12.7. The minimum absolute atomic E-state index is 0.285. The van der Waals surface area contributed by atoms with Crippen molar-refractivity contribution in [3.05, 3.63) is 0 Å². The van der Waals surface area contributed by atoms with Crippen LogP contribution in [-0.2, 0) is 0 Å². The fourth-order valence-electron chi connectivity index (χ4n) is 1.15. The summed E-state index contributed by atoms with van der Waals surface area (Å²) < 4.78 is 0. The molecule has 80 valence electrons. The molecule has 3 heteroatoms. The molecule has 0 spiro atoms. The Bertz CT molecular complexity index is 79.0.